The molecule has 0 spiro atoms. The lowest BCUT2D eigenvalue weighted by atomic mass is 9.80. The smallest absolute Gasteiger partial charge is 0.157 e. The monoisotopic (exact) mass is 346 g/mol. The van der Waals surface area contributed by atoms with Gasteiger partial charge in [-0.1, -0.05) is 67.2 Å². The fourth-order valence-corrected chi connectivity index (χ4v) is 3.12. The minimum absolute atomic E-state index is 0.127. The van der Waals surface area contributed by atoms with Crippen LogP contribution in [0.5, 0.6) is 0 Å². The van der Waals surface area contributed by atoms with Crippen molar-refractivity contribution in [3.63, 3.8) is 0 Å². The van der Waals surface area contributed by atoms with E-state index in [2.05, 4.69) is 37.1 Å². The highest BCUT2D eigenvalue weighted by Crippen LogP contribution is 2.31. The molecule has 0 heterocycles. The van der Waals surface area contributed by atoms with Crippen molar-refractivity contribution in [2.24, 2.45) is 23.7 Å². The molecule has 4 heteroatoms. The molecule has 0 bridgehead atoms. The Morgan fingerprint density at radius 3 is 1.65 bits per heavy atom. The average molecular weight is 346 g/mol. The number of halogens is 2. The minimum Gasteiger partial charge on any atom is -0.390 e. The molecule has 0 saturated carbocycles. The van der Waals surface area contributed by atoms with Gasteiger partial charge in [0.2, 0.25) is 0 Å². The molecule has 0 aliphatic carbocycles. The van der Waals surface area contributed by atoms with Gasteiger partial charge in [-0.2, -0.15) is 0 Å². The van der Waals surface area contributed by atoms with Crippen molar-refractivity contribution in [1.29, 1.82) is 0 Å². The maximum atomic E-state index is 14.2. The SMILES string of the molecule is CCC(O)C(F)C(F)C(C)C(C)CCC(C)C(C)CC[CH](C)[Al]. The summed E-state index contributed by atoms with van der Waals surface area (Å²) in [4.78, 5) is 0. The van der Waals surface area contributed by atoms with Crippen LogP contribution in [0.3, 0.4) is 0 Å². The van der Waals surface area contributed by atoms with E-state index in [9.17, 15) is 13.9 Å². The summed E-state index contributed by atoms with van der Waals surface area (Å²) in [7, 11) is 0. The summed E-state index contributed by atoms with van der Waals surface area (Å²) in [6, 6.07) is 0. The van der Waals surface area contributed by atoms with Crippen LogP contribution in [0.25, 0.3) is 0 Å². The zero-order chi connectivity index (χ0) is 18.2. The van der Waals surface area contributed by atoms with Gasteiger partial charge in [0, 0.05) is 0 Å². The van der Waals surface area contributed by atoms with Gasteiger partial charge in [0.15, 0.2) is 6.17 Å². The van der Waals surface area contributed by atoms with E-state index in [-0.39, 0.29) is 18.3 Å². The zero-order valence-electron chi connectivity index (χ0n) is 15.9. The van der Waals surface area contributed by atoms with Crippen molar-refractivity contribution in [1.82, 2.24) is 0 Å². The first-order valence-corrected chi connectivity index (χ1v) is 10.00. The van der Waals surface area contributed by atoms with Crippen LogP contribution in [0.4, 0.5) is 8.78 Å². The van der Waals surface area contributed by atoms with Crippen LogP contribution in [0.15, 0.2) is 0 Å². The fourth-order valence-electron chi connectivity index (χ4n) is 2.92. The zero-order valence-corrected chi connectivity index (χ0v) is 17.1. The molecule has 0 aliphatic heterocycles. The molecule has 0 aromatic rings. The van der Waals surface area contributed by atoms with Crippen LogP contribution in [0.2, 0.25) is 4.78 Å². The summed E-state index contributed by atoms with van der Waals surface area (Å²) < 4.78 is 28.8. The van der Waals surface area contributed by atoms with Gasteiger partial charge in [-0.05, 0) is 30.1 Å². The summed E-state index contributed by atoms with van der Waals surface area (Å²) in [5.41, 5.74) is 0. The normalized spacial score (nSPS) is 22.7. The molecule has 1 nitrogen and oxygen atoms in total. The molecular weight excluding hydrogens is 309 g/mol. The first kappa shape index (κ1) is 23.4. The summed E-state index contributed by atoms with van der Waals surface area (Å²) in [5, 5.41) is 9.51. The molecule has 0 aromatic carbocycles. The molecule has 0 aliphatic rings. The van der Waals surface area contributed by atoms with Crippen LogP contribution in [-0.4, -0.2) is 39.8 Å². The summed E-state index contributed by atoms with van der Waals surface area (Å²) in [6.45, 7) is 12.2. The first-order valence-electron chi connectivity index (χ1n) is 9.33. The highest BCUT2D eigenvalue weighted by molar-refractivity contribution is 6.11. The third-order valence-corrected chi connectivity index (χ3v) is 5.95. The number of aliphatic hydroxyl groups is 1. The molecule has 8 unspecified atom stereocenters. The molecule has 0 saturated heterocycles. The Hall–Kier alpha value is 0.352. The molecule has 0 fully saturated rings. The Bertz CT molecular complexity index is 301. The van der Waals surface area contributed by atoms with E-state index in [1.165, 1.54) is 12.8 Å². The Labute approximate surface area is 151 Å². The molecule has 136 valence electrons. The summed E-state index contributed by atoms with van der Waals surface area (Å²) in [5.74, 6) is 1.04. The lowest BCUT2D eigenvalue weighted by Gasteiger charge is -2.29. The standard InChI is InChI=1S/C19H37F2O.Al/c1-7-9-10-13(3)14(4)11-12-15(5)16(6)18(20)19(21)17(22)8-2;/h7,13-19,22H,8-12H2,1-6H3;. The first-order chi connectivity index (χ1) is 10.6. The second kappa shape index (κ2) is 11.8. The quantitative estimate of drug-likeness (QED) is 0.462. The highest BCUT2D eigenvalue weighted by Gasteiger charge is 2.34. The molecule has 0 aromatic heterocycles. The van der Waals surface area contributed by atoms with Crippen molar-refractivity contribution < 1.29 is 13.9 Å². The van der Waals surface area contributed by atoms with Gasteiger partial charge >= 0.3 is 0 Å². The van der Waals surface area contributed by atoms with Crippen molar-refractivity contribution in [2.45, 2.75) is 96.9 Å². The highest BCUT2D eigenvalue weighted by atomic mass is 27.0. The topological polar surface area (TPSA) is 20.2 Å². The largest absolute Gasteiger partial charge is 0.390 e. The lowest BCUT2D eigenvalue weighted by molar-refractivity contribution is -0.00504. The van der Waals surface area contributed by atoms with Crippen LogP contribution in [-0.2, 0) is 0 Å². The number of alkyl halides is 2. The number of rotatable bonds is 12. The van der Waals surface area contributed by atoms with Gasteiger partial charge in [0.05, 0.1) is 6.10 Å². The third-order valence-electron chi connectivity index (χ3n) is 5.62. The van der Waals surface area contributed by atoms with Gasteiger partial charge in [-0.15, -0.1) is 4.78 Å². The van der Waals surface area contributed by atoms with Gasteiger partial charge < -0.3 is 5.11 Å². The molecule has 8 atom stereocenters. The Kier molecular flexibility index (Phi) is 12.0. The van der Waals surface area contributed by atoms with Crippen LogP contribution in [0.1, 0.15) is 73.6 Å². The summed E-state index contributed by atoms with van der Waals surface area (Å²) >= 11 is 2.84. The Morgan fingerprint density at radius 2 is 1.22 bits per heavy atom. The van der Waals surface area contributed by atoms with Gasteiger partial charge in [-0.3, -0.25) is 0 Å². The van der Waals surface area contributed by atoms with Gasteiger partial charge in [0.25, 0.3) is 0 Å². The Morgan fingerprint density at radius 1 is 0.783 bits per heavy atom. The van der Waals surface area contributed by atoms with Crippen LogP contribution in [0, 0.1) is 23.7 Å². The van der Waals surface area contributed by atoms with Gasteiger partial charge in [-0.25, -0.2) is 8.78 Å². The van der Waals surface area contributed by atoms with E-state index in [1.54, 1.807) is 13.8 Å². The van der Waals surface area contributed by atoms with Crippen molar-refractivity contribution in [2.75, 3.05) is 0 Å². The van der Waals surface area contributed by atoms with Crippen molar-refractivity contribution in [3.05, 3.63) is 0 Å². The van der Waals surface area contributed by atoms with E-state index in [0.29, 0.717) is 16.6 Å². The number of hydrogen-bond donors (Lipinski definition) is 1. The van der Waals surface area contributed by atoms with Crippen molar-refractivity contribution >= 4 is 16.3 Å². The van der Waals surface area contributed by atoms with Gasteiger partial charge in [0.1, 0.15) is 22.5 Å². The molecule has 0 amide bonds. The fraction of sp³-hybridized carbons (Fsp3) is 1.00. The van der Waals surface area contributed by atoms with Crippen molar-refractivity contribution in [3.8, 4) is 0 Å². The molecule has 0 rings (SSSR count). The second-order valence-corrected chi connectivity index (χ2v) is 8.93. The third kappa shape index (κ3) is 8.85. The predicted octanol–water partition coefficient (Wildman–Crippen LogP) is 5.52. The molecule has 2 radical (unpaired) electrons. The number of aliphatic hydroxyl groups excluding tert-OH is 1. The maximum Gasteiger partial charge on any atom is 0.157 e. The van der Waals surface area contributed by atoms with E-state index >= 15 is 0 Å². The molecular formula is C19H37AlF2O. The lowest BCUT2D eigenvalue weighted by Crippen LogP contribution is -2.37. The van der Waals surface area contributed by atoms with E-state index in [4.69, 9.17) is 0 Å². The van der Waals surface area contributed by atoms with Crippen LogP contribution < -0.4 is 0 Å². The summed E-state index contributed by atoms with van der Waals surface area (Å²) in [6.07, 6.45) is 0.126. The van der Waals surface area contributed by atoms with Crippen LogP contribution >= 0.6 is 0 Å². The van der Waals surface area contributed by atoms with E-state index < -0.39 is 18.4 Å². The Balaban J connectivity index is 4.28. The molecule has 23 heavy (non-hydrogen) atoms. The average Bonchev–Trinajstić information content (AvgIpc) is 2.53. The predicted molar refractivity (Wildman–Crippen MR) is 96.4 cm³/mol. The van der Waals surface area contributed by atoms with E-state index in [1.807, 2.05) is 6.92 Å². The minimum atomic E-state index is -1.77. The van der Waals surface area contributed by atoms with E-state index in [0.717, 1.165) is 12.8 Å². The molecule has 1 N–H and O–H groups in total. The second-order valence-electron chi connectivity index (χ2n) is 7.79. The number of hydrogen-bond acceptors (Lipinski definition) is 1. The maximum absolute atomic E-state index is 14.2.